The maximum Gasteiger partial charge on any atom is 0.363 e. The van der Waals surface area contributed by atoms with E-state index in [1.807, 2.05) is 0 Å². The molecule has 1 aromatic heterocycles. The number of benzene rings is 1. The number of rotatable bonds is 7. The van der Waals surface area contributed by atoms with Crippen molar-refractivity contribution in [3.63, 3.8) is 0 Å². The van der Waals surface area contributed by atoms with Gasteiger partial charge in [0.1, 0.15) is 5.82 Å². The highest BCUT2D eigenvalue weighted by atomic mass is 19.1. The van der Waals surface area contributed by atoms with Crippen molar-refractivity contribution < 1.29 is 14.4 Å². The Morgan fingerprint density at radius 1 is 1.27 bits per heavy atom. The highest BCUT2D eigenvalue weighted by Gasteiger charge is 2.11. The average Bonchev–Trinajstić information content (AvgIpc) is 2.53. The van der Waals surface area contributed by atoms with Gasteiger partial charge in [0.2, 0.25) is 0 Å². The lowest BCUT2D eigenvalue weighted by Crippen LogP contribution is -2.20. The van der Waals surface area contributed by atoms with Crippen LogP contribution in [-0.4, -0.2) is 28.2 Å². The molecule has 0 saturated carbocycles. The molecule has 116 valence electrons. The van der Waals surface area contributed by atoms with E-state index in [0.29, 0.717) is 18.7 Å². The Bertz CT molecular complexity index is 617. The van der Waals surface area contributed by atoms with Gasteiger partial charge in [0.25, 0.3) is 0 Å². The first-order valence-corrected chi connectivity index (χ1v) is 6.78. The molecule has 0 spiro atoms. The maximum atomic E-state index is 12.8. The second kappa shape index (κ2) is 7.46. The molecule has 0 amide bonds. The predicted octanol–water partition coefficient (Wildman–Crippen LogP) is 2.39. The third kappa shape index (κ3) is 4.49. The average molecular weight is 305 g/mol. The van der Waals surface area contributed by atoms with E-state index in [0.717, 1.165) is 5.56 Å². The van der Waals surface area contributed by atoms with Gasteiger partial charge in [-0.15, -0.1) is 0 Å². The molecule has 7 heteroatoms. The topological polar surface area (TPSA) is 88.3 Å². The number of pyridine rings is 1. The minimum absolute atomic E-state index is 0.0230. The lowest BCUT2D eigenvalue weighted by Gasteiger charge is -2.15. The summed E-state index contributed by atoms with van der Waals surface area (Å²) in [5, 5.41) is 23.0. The Morgan fingerprint density at radius 3 is 2.55 bits per heavy atom. The molecule has 2 rings (SSSR count). The Labute approximate surface area is 126 Å². The molecule has 1 unspecified atom stereocenters. The van der Waals surface area contributed by atoms with Crippen LogP contribution < -0.4 is 5.32 Å². The van der Waals surface area contributed by atoms with Crippen molar-refractivity contribution in [3.05, 3.63) is 64.1 Å². The SMILES string of the molecule is O=[N+]([O-])c1ccc(NCC(CO)Cc2ccc(F)cc2)cn1. The molecule has 0 fully saturated rings. The number of nitro groups is 1. The van der Waals surface area contributed by atoms with Crippen LogP contribution in [0.4, 0.5) is 15.9 Å². The van der Waals surface area contributed by atoms with Gasteiger partial charge in [-0.1, -0.05) is 12.1 Å². The summed E-state index contributed by atoms with van der Waals surface area (Å²) in [5.41, 5.74) is 1.58. The van der Waals surface area contributed by atoms with Crippen molar-refractivity contribution in [2.24, 2.45) is 5.92 Å². The van der Waals surface area contributed by atoms with Crippen molar-refractivity contribution in [1.82, 2.24) is 4.98 Å². The van der Waals surface area contributed by atoms with Crippen LogP contribution in [-0.2, 0) is 6.42 Å². The van der Waals surface area contributed by atoms with E-state index in [4.69, 9.17) is 0 Å². The summed E-state index contributed by atoms with van der Waals surface area (Å²) in [6.45, 7) is 0.457. The number of hydrogen-bond acceptors (Lipinski definition) is 5. The molecule has 1 heterocycles. The second-order valence-corrected chi connectivity index (χ2v) is 4.92. The summed E-state index contributed by atoms with van der Waals surface area (Å²) in [4.78, 5) is 13.7. The fourth-order valence-electron chi connectivity index (χ4n) is 2.02. The molecule has 1 atom stereocenters. The first-order valence-electron chi connectivity index (χ1n) is 6.78. The highest BCUT2D eigenvalue weighted by Crippen LogP contribution is 2.14. The summed E-state index contributed by atoms with van der Waals surface area (Å²) in [6, 6.07) is 9.03. The first kappa shape index (κ1) is 15.8. The standard InChI is InChI=1S/C15H16FN3O3/c16-13-3-1-11(2-4-13)7-12(10-20)8-17-14-5-6-15(18-9-14)19(21)22/h1-6,9,12,17,20H,7-8,10H2. The van der Waals surface area contributed by atoms with Gasteiger partial charge < -0.3 is 20.5 Å². The quantitative estimate of drug-likeness (QED) is 0.605. The van der Waals surface area contributed by atoms with Gasteiger partial charge in [0.05, 0.1) is 5.69 Å². The molecule has 22 heavy (non-hydrogen) atoms. The minimum Gasteiger partial charge on any atom is -0.396 e. The van der Waals surface area contributed by atoms with Gasteiger partial charge in [0, 0.05) is 25.1 Å². The number of aliphatic hydroxyl groups is 1. The molecule has 2 N–H and O–H groups in total. The summed E-state index contributed by atoms with van der Waals surface area (Å²) < 4.78 is 12.8. The molecule has 2 aromatic rings. The van der Waals surface area contributed by atoms with Gasteiger partial charge in [-0.25, -0.2) is 4.39 Å². The molecular formula is C15H16FN3O3. The zero-order valence-corrected chi connectivity index (χ0v) is 11.8. The highest BCUT2D eigenvalue weighted by molar-refractivity contribution is 5.43. The van der Waals surface area contributed by atoms with Crippen molar-refractivity contribution in [2.75, 3.05) is 18.5 Å². The maximum absolute atomic E-state index is 12.8. The van der Waals surface area contributed by atoms with Gasteiger partial charge in [-0.05, 0) is 40.1 Å². The van der Waals surface area contributed by atoms with Crippen LogP contribution >= 0.6 is 0 Å². The molecule has 0 aliphatic carbocycles. The van der Waals surface area contributed by atoms with Gasteiger partial charge in [-0.2, -0.15) is 0 Å². The monoisotopic (exact) mass is 305 g/mol. The number of aliphatic hydroxyl groups excluding tert-OH is 1. The van der Waals surface area contributed by atoms with E-state index in [1.165, 1.54) is 24.4 Å². The van der Waals surface area contributed by atoms with E-state index in [-0.39, 0.29) is 24.2 Å². The lowest BCUT2D eigenvalue weighted by atomic mass is 10.00. The number of anilines is 1. The lowest BCUT2D eigenvalue weighted by molar-refractivity contribution is -0.389. The minimum atomic E-state index is -0.561. The van der Waals surface area contributed by atoms with E-state index in [1.54, 1.807) is 18.2 Å². The predicted molar refractivity (Wildman–Crippen MR) is 80.1 cm³/mol. The smallest absolute Gasteiger partial charge is 0.363 e. The number of aromatic nitrogens is 1. The van der Waals surface area contributed by atoms with Crippen molar-refractivity contribution in [3.8, 4) is 0 Å². The molecule has 0 bridgehead atoms. The molecule has 0 aliphatic heterocycles. The Morgan fingerprint density at radius 2 is 2.00 bits per heavy atom. The molecular weight excluding hydrogens is 289 g/mol. The summed E-state index contributed by atoms with van der Waals surface area (Å²) >= 11 is 0. The Kier molecular flexibility index (Phi) is 5.37. The molecule has 0 aliphatic rings. The van der Waals surface area contributed by atoms with Crippen LogP contribution in [0, 0.1) is 21.8 Å². The fraction of sp³-hybridized carbons (Fsp3) is 0.267. The first-order chi connectivity index (χ1) is 10.6. The molecule has 0 saturated heterocycles. The zero-order chi connectivity index (χ0) is 15.9. The largest absolute Gasteiger partial charge is 0.396 e. The Hall–Kier alpha value is -2.54. The van der Waals surface area contributed by atoms with Crippen LogP contribution in [0.25, 0.3) is 0 Å². The molecule has 6 nitrogen and oxygen atoms in total. The van der Waals surface area contributed by atoms with E-state index < -0.39 is 4.92 Å². The van der Waals surface area contributed by atoms with Crippen molar-refractivity contribution in [2.45, 2.75) is 6.42 Å². The zero-order valence-electron chi connectivity index (χ0n) is 11.8. The number of nitrogens with one attached hydrogen (secondary N) is 1. The Balaban J connectivity index is 1.90. The summed E-state index contributed by atoms with van der Waals surface area (Å²) in [5.74, 6) is -0.560. The van der Waals surface area contributed by atoms with Crippen molar-refractivity contribution >= 4 is 11.5 Å². The molecule has 0 radical (unpaired) electrons. The molecule has 1 aromatic carbocycles. The second-order valence-electron chi connectivity index (χ2n) is 4.92. The third-order valence-corrected chi connectivity index (χ3v) is 3.23. The van der Waals surface area contributed by atoms with Crippen molar-refractivity contribution in [1.29, 1.82) is 0 Å². The fourth-order valence-corrected chi connectivity index (χ4v) is 2.02. The normalized spacial score (nSPS) is 11.9. The number of hydrogen-bond donors (Lipinski definition) is 2. The van der Waals surface area contributed by atoms with E-state index >= 15 is 0 Å². The van der Waals surface area contributed by atoms with Gasteiger partial charge in [0.15, 0.2) is 6.20 Å². The van der Waals surface area contributed by atoms with E-state index in [9.17, 15) is 19.6 Å². The third-order valence-electron chi connectivity index (χ3n) is 3.23. The van der Waals surface area contributed by atoms with Gasteiger partial charge in [-0.3, -0.25) is 0 Å². The van der Waals surface area contributed by atoms with Gasteiger partial charge >= 0.3 is 5.82 Å². The van der Waals surface area contributed by atoms with Crippen LogP contribution in [0.3, 0.4) is 0 Å². The number of halogens is 1. The van der Waals surface area contributed by atoms with Crippen LogP contribution in [0.1, 0.15) is 5.56 Å². The van der Waals surface area contributed by atoms with Crippen LogP contribution in [0.15, 0.2) is 42.6 Å². The van der Waals surface area contributed by atoms with Crippen LogP contribution in [0.2, 0.25) is 0 Å². The van der Waals surface area contributed by atoms with Crippen LogP contribution in [0.5, 0.6) is 0 Å². The van der Waals surface area contributed by atoms with E-state index in [2.05, 4.69) is 10.3 Å². The summed E-state index contributed by atoms with van der Waals surface area (Å²) in [6.07, 6.45) is 1.98. The summed E-state index contributed by atoms with van der Waals surface area (Å²) in [7, 11) is 0. The number of nitrogens with zero attached hydrogens (tertiary/aromatic N) is 2.